The van der Waals surface area contributed by atoms with Crippen molar-refractivity contribution in [3.05, 3.63) is 65.7 Å². The third-order valence-corrected chi connectivity index (χ3v) is 5.15. The van der Waals surface area contributed by atoms with E-state index >= 15 is 0 Å². The topological polar surface area (TPSA) is 75.9 Å². The normalized spacial score (nSPS) is 14.6. The monoisotopic (exact) mass is 431 g/mol. The average Bonchev–Trinajstić information content (AvgIpc) is 2.78. The number of hydrogen-bond acceptors (Lipinski definition) is 4. The molecule has 162 valence electrons. The number of halogens is 1. The highest BCUT2D eigenvalue weighted by molar-refractivity contribution is 5.94. The third-order valence-electron chi connectivity index (χ3n) is 5.15. The standard InChI is InChI=1S/C23H29N3O3.ClH/c1-2-6-21(24)23(28)26-15-13-25(14-16-26)22(27)19-9-11-20(12-10-19)29-17-18-7-4-3-5-8-18;/h3-5,7-12,21H,2,6,13-17,24H2,1H3;1H. The molecule has 1 unspecified atom stereocenters. The van der Waals surface area contributed by atoms with Crippen molar-refractivity contribution < 1.29 is 14.3 Å². The van der Waals surface area contributed by atoms with E-state index in [1.807, 2.05) is 49.4 Å². The minimum Gasteiger partial charge on any atom is -0.489 e. The molecule has 0 aliphatic carbocycles. The van der Waals surface area contributed by atoms with Gasteiger partial charge in [0.2, 0.25) is 5.91 Å². The van der Waals surface area contributed by atoms with Crippen molar-refractivity contribution in [1.29, 1.82) is 0 Å². The lowest BCUT2D eigenvalue weighted by atomic mass is 10.1. The van der Waals surface area contributed by atoms with E-state index in [-0.39, 0.29) is 24.2 Å². The van der Waals surface area contributed by atoms with Crippen LogP contribution in [0, 0.1) is 0 Å². The van der Waals surface area contributed by atoms with Crippen molar-refractivity contribution in [1.82, 2.24) is 9.80 Å². The fourth-order valence-electron chi connectivity index (χ4n) is 3.42. The Hall–Kier alpha value is -2.57. The molecule has 1 saturated heterocycles. The first-order valence-electron chi connectivity index (χ1n) is 10.2. The number of piperazine rings is 1. The van der Waals surface area contributed by atoms with Crippen molar-refractivity contribution in [2.24, 2.45) is 5.73 Å². The molecule has 0 saturated carbocycles. The predicted octanol–water partition coefficient (Wildman–Crippen LogP) is 3.10. The second kappa shape index (κ2) is 11.6. The zero-order chi connectivity index (χ0) is 20.6. The molecule has 2 N–H and O–H groups in total. The fraction of sp³-hybridized carbons (Fsp3) is 0.391. The Morgan fingerprint density at radius 1 is 0.967 bits per heavy atom. The van der Waals surface area contributed by atoms with E-state index in [0.717, 1.165) is 17.7 Å². The molecular formula is C23H30ClN3O3. The number of carbonyl (C=O) groups excluding carboxylic acids is 2. The van der Waals surface area contributed by atoms with E-state index in [2.05, 4.69) is 0 Å². The molecule has 2 aromatic rings. The van der Waals surface area contributed by atoms with Gasteiger partial charge in [-0.1, -0.05) is 43.7 Å². The highest BCUT2D eigenvalue weighted by atomic mass is 35.5. The number of ether oxygens (including phenoxy) is 1. The number of amides is 2. The molecule has 0 bridgehead atoms. The summed E-state index contributed by atoms with van der Waals surface area (Å²) in [5.41, 5.74) is 7.66. The van der Waals surface area contributed by atoms with Crippen LogP contribution in [0.5, 0.6) is 5.75 Å². The lowest BCUT2D eigenvalue weighted by molar-refractivity contribution is -0.134. The summed E-state index contributed by atoms with van der Waals surface area (Å²) in [6.07, 6.45) is 1.58. The molecule has 6 nitrogen and oxygen atoms in total. The first kappa shape index (κ1) is 23.7. The molecule has 1 heterocycles. The highest BCUT2D eigenvalue weighted by Gasteiger charge is 2.27. The molecule has 2 aromatic carbocycles. The number of nitrogens with zero attached hydrogens (tertiary/aromatic N) is 2. The number of rotatable bonds is 7. The SMILES string of the molecule is CCCC(N)C(=O)N1CCN(C(=O)c2ccc(OCc3ccccc3)cc2)CC1.Cl. The number of benzene rings is 2. The minimum atomic E-state index is -0.439. The maximum atomic E-state index is 12.8. The first-order valence-corrected chi connectivity index (χ1v) is 10.2. The Bertz CT molecular complexity index is 806. The molecule has 3 rings (SSSR count). The van der Waals surface area contributed by atoms with Crippen LogP contribution in [0.2, 0.25) is 0 Å². The lowest BCUT2D eigenvalue weighted by Gasteiger charge is -2.36. The van der Waals surface area contributed by atoms with Gasteiger partial charge in [0.05, 0.1) is 6.04 Å². The zero-order valence-corrected chi connectivity index (χ0v) is 18.1. The van der Waals surface area contributed by atoms with Gasteiger partial charge < -0.3 is 20.3 Å². The Morgan fingerprint density at radius 2 is 1.57 bits per heavy atom. The maximum Gasteiger partial charge on any atom is 0.253 e. The summed E-state index contributed by atoms with van der Waals surface area (Å²) in [4.78, 5) is 28.6. The van der Waals surface area contributed by atoms with E-state index in [1.54, 1.807) is 21.9 Å². The van der Waals surface area contributed by atoms with Gasteiger partial charge in [-0.05, 0) is 36.2 Å². The van der Waals surface area contributed by atoms with E-state index in [0.29, 0.717) is 44.8 Å². The van der Waals surface area contributed by atoms with E-state index in [1.165, 1.54) is 0 Å². The van der Waals surface area contributed by atoms with E-state index in [9.17, 15) is 9.59 Å². The molecule has 1 atom stereocenters. The van der Waals surface area contributed by atoms with Crippen LogP contribution in [-0.2, 0) is 11.4 Å². The van der Waals surface area contributed by atoms with Crippen molar-refractivity contribution in [2.45, 2.75) is 32.4 Å². The smallest absolute Gasteiger partial charge is 0.253 e. The first-order chi connectivity index (χ1) is 14.1. The Kier molecular flexibility index (Phi) is 9.15. The molecule has 0 spiro atoms. The van der Waals surface area contributed by atoms with Gasteiger partial charge in [-0.3, -0.25) is 9.59 Å². The molecule has 1 fully saturated rings. The summed E-state index contributed by atoms with van der Waals surface area (Å²) in [6, 6.07) is 16.7. The summed E-state index contributed by atoms with van der Waals surface area (Å²) in [5.74, 6) is 0.689. The van der Waals surface area contributed by atoms with E-state index < -0.39 is 6.04 Å². The summed E-state index contributed by atoms with van der Waals surface area (Å²) in [5, 5.41) is 0. The van der Waals surface area contributed by atoms with Crippen molar-refractivity contribution in [3.63, 3.8) is 0 Å². The van der Waals surface area contributed by atoms with Gasteiger partial charge in [0, 0.05) is 31.7 Å². The second-order valence-corrected chi connectivity index (χ2v) is 7.31. The molecule has 1 aliphatic rings. The Balaban J connectivity index is 0.00000320. The number of carbonyl (C=O) groups is 2. The van der Waals surface area contributed by atoms with Gasteiger partial charge in [-0.15, -0.1) is 12.4 Å². The van der Waals surface area contributed by atoms with Crippen LogP contribution in [0.3, 0.4) is 0 Å². The van der Waals surface area contributed by atoms with Crippen molar-refractivity contribution in [3.8, 4) is 5.75 Å². The van der Waals surface area contributed by atoms with Crippen LogP contribution in [0.15, 0.2) is 54.6 Å². The van der Waals surface area contributed by atoms with Gasteiger partial charge in [0.25, 0.3) is 5.91 Å². The lowest BCUT2D eigenvalue weighted by Crippen LogP contribution is -2.54. The van der Waals surface area contributed by atoms with Gasteiger partial charge in [-0.2, -0.15) is 0 Å². The molecule has 0 aromatic heterocycles. The highest BCUT2D eigenvalue weighted by Crippen LogP contribution is 2.16. The molecular weight excluding hydrogens is 402 g/mol. The van der Waals surface area contributed by atoms with Crippen molar-refractivity contribution in [2.75, 3.05) is 26.2 Å². The number of nitrogens with two attached hydrogens (primary N) is 1. The quantitative estimate of drug-likeness (QED) is 0.730. The molecule has 1 aliphatic heterocycles. The maximum absolute atomic E-state index is 12.8. The van der Waals surface area contributed by atoms with Crippen LogP contribution in [0.4, 0.5) is 0 Å². The fourth-order valence-corrected chi connectivity index (χ4v) is 3.42. The van der Waals surface area contributed by atoms with Crippen LogP contribution in [-0.4, -0.2) is 53.8 Å². The van der Waals surface area contributed by atoms with Gasteiger partial charge >= 0.3 is 0 Å². The summed E-state index contributed by atoms with van der Waals surface area (Å²) in [6.45, 7) is 4.61. The van der Waals surface area contributed by atoms with Gasteiger partial charge in [-0.25, -0.2) is 0 Å². The third kappa shape index (κ3) is 6.21. The van der Waals surface area contributed by atoms with Crippen LogP contribution >= 0.6 is 12.4 Å². The molecule has 2 amide bonds. The largest absolute Gasteiger partial charge is 0.489 e. The van der Waals surface area contributed by atoms with Crippen LogP contribution in [0.25, 0.3) is 0 Å². The summed E-state index contributed by atoms with van der Waals surface area (Å²) in [7, 11) is 0. The molecule has 30 heavy (non-hydrogen) atoms. The van der Waals surface area contributed by atoms with Crippen molar-refractivity contribution >= 4 is 24.2 Å². The molecule has 7 heteroatoms. The minimum absolute atomic E-state index is 0. The van der Waals surface area contributed by atoms with Gasteiger partial charge in [0.15, 0.2) is 0 Å². The Morgan fingerprint density at radius 3 is 2.17 bits per heavy atom. The predicted molar refractivity (Wildman–Crippen MR) is 120 cm³/mol. The summed E-state index contributed by atoms with van der Waals surface area (Å²) >= 11 is 0. The summed E-state index contributed by atoms with van der Waals surface area (Å²) < 4.78 is 5.77. The second-order valence-electron chi connectivity index (χ2n) is 7.31. The van der Waals surface area contributed by atoms with Gasteiger partial charge in [0.1, 0.15) is 12.4 Å². The average molecular weight is 432 g/mol. The number of hydrogen-bond donors (Lipinski definition) is 1. The van der Waals surface area contributed by atoms with Crippen LogP contribution < -0.4 is 10.5 Å². The Labute approximate surface area is 184 Å². The zero-order valence-electron chi connectivity index (χ0n) is 17.3. The molecule has 0 radical (unpaired) electrons. The van der Waals surface area contributed by atoms with Crippen LogP contribution in [0.1, 0.15) is 35.7 Å². The van der Waals surface area contributed by atoms with E-state index in [4.69, 9.17) is 10.5 Å².